The lowest BCUT2D eigenvalue weighted by Gasteiger charge is -2.11. The summed E-state index contributed by atoms with van der Waals surface area (Å²) in [5, 5.41) is 0. The predicted octanol–water partition coefficient (Wildman–Crippen LogP) is 2.34. The molecule has 0 saturated heterocycles. The lowest BCUT2D eigenvalue weighted by molar-refractivity contribution is 0.669. The van der Waals surface area contributed by atoms with E-state index in [0.29, 0.717) is 0 Å². The average molecular weight is 175 g/mol. The third kappa shape index (κ3) is 1.92. The van der Waals surface area contributed by atoms with E-state index in [9.17, 15) is 0 Å². The molecule has 70 valence electrons. The molecule has 1 aromatic rings. The van der Waals surface area contributed by atoms with Crippen molar-refractivity contribution in [2.75, 3.05) is 0 Å². The Morgan fingerprint density at radius 2 is 2.00 bits per heavy atom. The highest BCUT2D eigenvalue weighted by atomic mass is 14.8. The molecular formula is C12H17N. The van der Waals surface area contributed by atoms with Gasteiger partial charge in [0, 0.05) is 5.54 Å². The summed E-state index contributed by atoms with van der Waals surface area (Å²) < 4.78 is 0. The first-order valence-electron chi connectivity index (χ1n) is 4.94. The Bertz CT molecular complexity index is 324. The van der Waals surface area contributed by atoms with Crippen LogP contribution in [0.3, 0.4) is 0 Å². The first-order chi connectivity index (χ1) is 6.09. The van der Waals surface area contributed by atoms with E-state index in [4.69, 9.17) is 5.73 Å². The van der Waals surface area contributed by atoms with Crippen molar-refractivity contribution in [2.24, 2.45) is 5.73 Å². The van der Waals surface area contributed by atoms with Crippen LogP contribution in [0.2, 0.25) is 0 Å². The first-order valence-corrected chi connectivity index (χ1v) is 4.94. The van der Waals surface area contributed by atoms with Crippen molar-refractivity contribution in [1.82, 2.24) is 0 Å². The lowest BCUT2D eigenvalue weighted by Crippen LogP contribution is -2.24. The van der Waals surface area contributed by atoms with Crippen molar-refractivity contribution >= 4 is 0 Å². The van der Waals surface area contributed by atoms with Crippen molar-refractivity contribution in [2.45, 2.75) is 38.6 Å². The van der Waals surface area contributed by atoms with E-state index in [-0.39, 0.29) is 5.54 Å². The molecule has 0 heterocycles. The second-order valence-corrected chi connectivity index (χ2v) is 4.47. The molecule has 0 spiro atoms. The quantitative estimate of drug-likeness (QED) is 0.733. The highest BCUT2D eigenvalue weighted by Crippen LogP contribution is 2.36. The van der Waals surface area contributed by atoms with Gasteiger partial charge in [-0.25, -0.2) is 0 Å². The Morgan fingerprint density at radius 3 is 2.54 bits per heavy atom. The number of nitrogens with two attached hydrogens (primary N) is 1. The van der Waals surface area contributed by atoms with Gasteiger partial charge >= 0.3 is 0 Å². The fourth-order valence-corrected chi connectivity index (χ4v) is 1.76. The van der Waals surface area contributed by atoms with Gasteiger partial charge < -0.3 is 5.73 Å². The molecule has 13 heavy (non-hydrogen) atoms. The summed E-state index contributed by atoms with van der Waals surface area (Å²) in [5.41, 5.74) is 10.4. The van der Waals surface area contributed by atoms with Gasteiger partial charge in [-0.1, -0.05) is 23.8 Å². The van der Waals surface area contributed by atoms with Crippen LogP contribution in [0.5, 0.6) is 0 Å². The van der Waals surface area contributed by atoms with E-state index in [0.717, 1.165) is 6.42 Å². The van der Waals surface area contributed by atoms with Crippen LogP contribution in [-0.4, -0.2) is 5.54 Å². The van der Waals surface area contributed by atoms with Crippen molar-refractivity contribution in [3.05, 3.63) is 34.9 Å². The largest absolute Gasteiger partial charge is 0.325 e. The van der Waals surface area contributed by atoms with Crippen LogP contribution in [0, 0.1) is 13.8 Å². The maximum atomic E-state index is 6.09. The van der Waals surface area contributed by atoms with Crippen molar-refractivity contribution in [3.63, 3.8) is 0 Å². The summed E-state index contributed by atoms with van der Waals surface area (Å²) in [6.07, 6.45) is 3.44. The number of benzene rings is 1. The van der Waals surface area contributed by atoms with Gasteiger partial charge in [0.2, 0.25) is 0 Å². The van der Waals surface area contributed by atoms with E-state index in [1.807, 2.05) is 0 Å². The Hall–Kier alpha value is -0.820. The first kappa shape index (κ1) is 8.76. The normalized spacial score (nSPS) is 18.7. The van der Waals surface area contributed by atoms with Crippen LogP contribution in [0.15, 0.2) is 18.2 Å². The molecule has 1 aliphatic rings. The highest BCUT2D eigenvalue weighted by Gasteiger charge is 2.38. The molecule has 0 unspecified atom stereocenters. The van der Waals surface area contributed by atoms with Gasteiger partial charge in [0.15, 0.2) is 0 Å². The molecule has 0 radical (unpaired) electrons. The summed E-state index contributed by atoms with van der Waals surface area (Å²) >= 11 is 0. The van der Waals surface area contributed by atoms with Crippen LogP contribution < -0.4 is 5.73 Å². The Morgan fingerprint density at radius 1 is 1.31 bits per heavy atom. The van der Waals surface area contributed by atoms with Gasteiger partial charge in [-0.05, 0) is 44.2 Å². The van der Waals surface area contributed by atoms with Crippen LogP contribution in [-0.2, 0) is 6.42 Å². The molecule has 0 bridgehead atoms. The number of rotatable bonds is 2. The summed E-state index contributed by atoms with van der Waals surface area (Å²) in [7, 11) is 0. The Balaban J connectivity index is 2.20. The third-order valence-corrected chi connectivity index (χ3v) is 2.93. The molecule has 1 aliphatic carbocycles. The molecular weight excluding hydrogens is 158 g/mol. The van der Waals surface area contributed by atoms with E-state index in [1.165, 1.54) is 29.5 Å². The predicted molar refractivity (Wildman–Crippen MR) is 55.8 cm³/mol. The molecule has 0 amide bonds. The van der Waals surface area contributed by atoms with Gasteiger partial charge in [0.1, 0.15) is 0 Å². The minimum absolute atomic E-state index is 0.139. The molecule has 0 atom stereocenters. The Labute approximate surface area is 80.0 Å². The van der Waals surface area contributed by atoms with Gasteiger partial charge in [0.05, 0.1) is 0 Å². The van der Waals surface area contributed by atoms with E-state index in [1.54, 1.807) is 0 Å². The smallest absolute Gasteiger partial charge is 0.0196 e. The van der Waals surface area contributed by atoms with Crippen molar-refractivity contribution < 1.29 is 0 Å². The summed E-state index contributed by atoms with van der Waals surface area (Å²) in [6, 6.07) is 6.63. The highest BCUT2D eigenvalue weighted by molar-refractivity contribution is 5.32. The maximum Gasteiger partial charge on any atom is 0.0196 e. The minimum atomic E-state index is 0.139. The minimum Gasteiger partial charge on any atom is -0.325 e. The summed E-state index contributed by atoms with van der Waals surface area (Å²) in [6.45, 7) is 4.31. The average Bonchev–Trinajstić information content (AvgIpc) is 2.75. The van der Waals surface area contributed by atoms with Crippen LogP contribution >= 0.6 is 0 Å². The summed E-state index contributed by atoms with van der Waals surface area (Å²) in [4.78, 5) is 0. The topological polar surface area (TPSA) is 26.0 Å². The van der Waals surface area contributed by atoms with Gasteiger partial charge in [0.25, 0.3) is 0 Å². The molecule has 0 aliphatic heterocycles. The lowest BCUT2D eigenvalue weighted by atomic mass is 9.98. The van der Waals surface area contributed by atoms with E-state index in [2.05, 4.69) is 32.0 Å². The molecule has 1 heteroatoms. The maximum absolute atomic E-state index is 6.09. The molecule has 1 fully saturated rings. The molecule has 0 aromatic heterocycles. The molecule has 2 N–H and O–H groups in total. The standard InChI is InChI=1S/C12H17N/c1-9-3-4-11(10(2)7-9)8-12(13)5-6-12/h3-4,7H,5-6,8,13H2,1-2H3. The second-order valence-electron chi connectivity index (χ2n) is 4.47. The zero-order valence-electron chi connectivity index (χ0n) is 8.43. The molecule has 1 saturated carbocycles. The van der Waals surface area contributed by atoms with Crippen LogP contribution in [0.1, 0.15) is 29.5 Å². The second kappa shape index (κ2) is 2.85. The van der Waals surface area contributed by atoms with Crippen LogP contribution in [0.25, 0.3) is 0 Å². The SMILES string of the molecule is Cc1ccc(CC2(N)CC2)c(C)c1. The Kier molecular flexibility index (Phi) is 1.92. The molecule has 1 aromatic carbocycles. The van der Waals surface area contributed by atoms with E-state index < -0.39 is 0 Å². The number of aryl methyl sites for hydroxylation is 2. The number of hydrogen-bond donors (Lipinski definition) is 1. The fourth-order valence-electron chi connectivity index (χ4n) is 1.76. The molecule has 1 nitrogen and oxygen atoms in total. The van der Waals surface area contributed by atoms with Gasteiger partial charge in [-0.15, -0.1) is 0 Å². The molecule has 2 rings (SSSR count). The van der Waals surface area contributed by atoms with Crippen LogP contribution in [0.4, 0.5) is 0 Å². The van der Waals surface area contributed by atoms with Crippen molar-refractivity contribution in [3.8, 4) is 0 Å². The van der Waals surface area contributed by atoms with E-state index >= 15 is 0 Å². The van der Waals surface area contributed by atoms with Gasteiger partial charge in [-0.3, -0.25) is 0 Å². The third-order valence-electron chi connectivity index (χ3n) is 2.93. The zero-order chi connectivity index (χ0) is 9.47. The summed E-state index contributed by atoms with van der Waals surface area (Å²) in [5.74, 6) is 0. The van der Waals surface area contributed by atoms with Gasteiger partial charge in [-0.2, -0.15) is 0 Å². The monoisotopic (exact) mass is 175 g/mol. The van der Waals surface area contributed by atoms with Crippen molar-refractivity contribution in [1.29, 1.82) is 0 Å². The zero-order valence-corrected chi connectivity index (χ0v) is 8.43. The fraction of sp³-hybridized carbons (Fsp3) is 0.500. The number of hydrogen-bond acceptors (Lipinski definition) is 1.